The van der Waals surface area contributed by atoms with Crippen LogP contribution in [-0.4, -0.2) is 83.8 Å². The van der Waals surface area contributed by atoms with Gasteiger partial charge in [-0.25, -0.2) is 8.42 Å². The predicted octanol–water partition coefficient (Wildman–Crippen LogP) is 1.53. The fourth-order valence-corrected chi connectivity index (χ4v) is 3.54. The Morgan fingerprint density at radius 1 is 1.18 bits per heavy atom. The minimum absolute atomic E-state index is 0. The van der Waals surface area contributed by atoms with Crippen LogP contribution in [0.5, 0.6) is 0 Å². The zero-order chi connectivity index (χ0) is 20.3. The topological polar surface area (TPSA) is 92.3 Å². The van der Waals surface area contributed by atoms with Crippen molar-refractivity contribution in [2.45, 2.75) is 37.2 Å². The Morgan fingerprint density at radius 3 is 2.36 bits per heavy atom. The SMILES string of the molecule is CN=C(NCCCCOCCOC)NC1CCN(S(=O)(=O)C(F)(F)F)CC1.I. The van der Waals surface area contributed by atoms with E-state index in [1.807, 2.05) is 0 Å². The van der Waals surface area contributed by atoms with Crippen LogP contribution >= 0.6 is 24.0 Å². The third-order valence-electron chi connectivity index (χ3n) is 4.09. The second-order valence-corrected chi connectivity index (χ2v) is 8.01. The maximum absolute atomic E-state index is 12.6. The summed E-state index contributed by atoms with van der Waals surface area (Å²) in [4.78, 5) is 4.08. The normalized spacial score (nSPS) is 17.2. The van der Waals surface area contributed by atoms with E-state index >= 15 is 0 Å². The molecule has 1 aliphatic heterocycles. The highest BCUT2D eigenvalue weighted by atomic mass is 127. The Hall–Kier alpha value is -0.380. The van der Waals surface area contributed by atoms with Crippen molar-refractivity contribution >= 4 is 40.0 Å². The van der Waals surface area contributed by atoms with Gasteiger partial charge in [0.05, 0.1) is 13.2 Å². The van der Waals surface area contributed by atoms with Crippen molar-refractivity contribution in [3.63, 3.8) is 0 Å². The van der Waals surface area contributed by atoms with Gasteiger partial charge in [0, 0.05) is 46.4 Å². The number of sulfonamides is 1. The first-order valence-corrected chi connectivity index (χ1v) is 10.3. The molecule has 8 nitrogen and oxygen atoms in total. The molecule has 1 saturated heterocycles. The minimum atomic E-state index is -5.25. The van der Waals surface area contributed by atoms with Crippen molar-refractivity contribution in [2.75, 3.05) is 53.6 Å². The first-order chi connectivity index (χ1) is 12.7. The molecule has 0 atom stereocenters. The molecular formula is C15H30F3IN4O4S. The number of ether oxygens (including phenoxy) is 2. The minimum Gasteiger partial charge on any atom is -0.382 e. The molecule has 1 aliphatic rings. The van der Waals surface area contributed by atoms with Gasteiger partial charge < -0.3 is 20.1 Å². The van der Waals surface area contributed by atoms with E-state index in [9.17, 15) is 21.6 Å². The van der Waals surface area contributed by atoms with Gasteiger partial charge in [-0.05, 0) is 25.7 Å². The number of hydrogen-bond acceptors (Lipinski definition) is 5. The average Bonchev–Trinajstić information content (AvgIpc) is 2.62. The van der Waals surface area contributed by atoms with Crippen LogP contribution in [0, 0.1) is 0 Å². The van der Waals surface area contributed by atoms with E-state index < -0.39 is 15.5 Å². The number of methoxy groups -OCH3 is 1. The fourth-order valence-electron chi connectivity index (χ4n) is 2.56. The summed E-state index contributed by atoms with van der Waals surface area (Å²) in [7, 11) is -2.03. The fraction of sp³-hybridized carbons (Fsp3) is 0.933. The summed E-state index contributed by atoms with van der Waals surface area (Å²) in [5, 5.41) is 6.25. The Balaban J connectivity index is 0.00000729. The smallest absolute Gasteiger partial charge is 0.382 e. The van der Waals surface area contributed by atoms with Gasteiger partial charge in [0.25, 0.3) is 0 Å². The molecule has 1 rings (SSSR count). The molecule has 0 bridgehead atoms. The van der Waals surface area contributed by atoms with Crippen molar-refractivity contribution in [3.05, 3.63) is 0 Å². The quantitative estimate of drug-likeness (QED) is 0.187. The maximum atomic E-state index is 12.6. The largest absolute Gasteiger partial charge is 0.511 e. The number of alkyl halides is 3. The van der Waals surface area contributed by atoms with E-state index in [2.05, 4.69) is 15.6 Å². The lowest BCUT2D eigenvalue weighted by molar-refractivity contribution is -0.0494. The van der Waals surface area contributed by atoms with Crippen molar-refractivity contribution in [1.29, 1.82) is 0 Å². The molecule has 0 amide bonds. The van der Waals surface area contributed by atoms with Crippen LogP contribution < -0.4 is 10.6 Å². The van der Waals surface area contributed by atoms with Gasteiger partial charge in [-0.3, -0.25) is 4.99 Å². The first-order valence-electron chi connectivity index (χ1n) is 8.82. The lowest BCUT2D eigenvalue weighted by Crippen LogP contribution is -2.51. The number of nitrogens with one attached hydrogen (secondary N) is 2. The van der Waals surface area contributed by atoms with Crippen LogP contribution in [0.3, 0.4) is 0 Å². The van der Waals surface area contributed by atoms with Gasteiger partial charge in [0.1, 0.15) is 0 Å². The standard InChI is InChI=1S/C15H29F3N4O4S.HI/c1-19-14(20-7-3-4-10-26-12-11-25-2)21-13-5-8-22(9-6-13)27(23,24)15(16,17)18;/h13H,3-12H2,1-2H3,(H2,19,20,21);1H. The molecule has 0 aromatic carbocycles. The molecule has 0 saturated carbocycles. The molecule has 2 N–H and O–H groups in total. The first kappa shape index (κ1) is 27.6. The van der Waals surface area contributed by atoms with Crippen LogP contribution in [0.1, 0.15) is 25.7 Å². The zero-order valence-electron chi connectivity index (χ0n) is 16.1. The van der Waals surface area contributed by atoms with Gasteiger partial charge in [-0.2, -0.15) is 17.5 Å². The number of piperidine rings is 1. The van der Waals surface area contributed by atoms with Crippen LogP contribution in [-0.2, 0) is 19.5 Å². The lowest BCUT2D eigenvalue weighted by atomic mass is 10.1. The van der Waals surface area contributed by atoms with E-state index in [0.29, 0.717) is 36.6 Å². The number of halogens is 4. The summed E-state index contributed by atoms with van der Waals surface area (Å²) >= 11 is 0. The monoisotopic (exact) mass is 546 g/mol. The van der Waals surface area contributed by atoms with Gasteiger partial charge in [0.2, 0.25) is 0 Å². The second-order valence-electron chi connectivity index (χ2n) is 6.08. The van der Waals surface area contributed by atoms with Crippen LogP contribution in [0.4, 0.5) is 13.2 Å². The summed E-state index contributed by atoms with van der Waals surface area (Å²) in [5.41, 5.74) is -5.25. The molecule has 168 valence electrons. The molecule has 28 heavy (non-hydrogen) atoms. The van der Waals surface area contributed by atoms with Gasteiger partial charge in [-0.1, -0.05) is 0 Å². The summed E-state index contributed by atoms with van der Waals surface area (Å²) in [6.07, 6.45) is 2.31. The molecule has 0 aliphatic carbocycles. The van der Waals surface area contributed by atoms with Crippen molar-refractivity contribution in [3.8, 4) is 0 Å². The molecule has 1 fully saturated rings. The Bertz CT molecular complexity index is 556. The van der Waals surface area contributed by atoms with Crippen molar-refractivity contribution in [2.24, 2.45) is 4.99 Å². The number of guanidine groups is 1. The summed E-state index contributed by atoms with van der Waals surface area (Å²) in [6.45, 7) is 2.11. The molecule has 0 unspecified atom stereocenters. The van der Waals surface area contributed by atoms with Crippen molar-refractivity contribution < 1.29 is 31.1 Å². The van der Waals surface area contributed by atoms with Gasteiger partial charge in [0.15, 0.2) is 5.96 Å². The van der Waals surface area contributed by atoms with Crippen LogP contribution in [0.2, 0.25) is 0 Å². The summed E-state index contributed by atoms with van der Waals surface area (Å²) < 4.78 is 71.3. The van der Waals surface area contributed by atoms with Crippen LogP contribution in [0.15, 0.2) is 4.99 Å². The van der Waals surface area contributed by atoms with E-state index in [4.69, 9.17) is 9.47 Å². The van der Waals surface area contributed by atoms with Crippen molar-refractivity contribution in [1.82, 2.24) is 14.9 Å². The van der Waals surface area contributed by atoms with Crippen LogP contribution in [0.25, 0.3) is 0 Å². The van der Waals surface area contributed by atoms with E-state index in [1.165, 1.54) is 0 Å². The third-order valence-corrected chi connectivity index (χ3v) is 5.72. The average molecular weight is 546 g/mol. The van der Waals surface area contributed by atoms with E-state index in [1.54, 1.807) is 14.2 Å². The number of nitrogens with zero attached hydrogens (tertiary/aromatic N) is 2. The highest BCUT2D eigenvalue weighted by molar-refractivity contribution is 14.0. The third kappa shape index (κ3) is 9.41. The van der Waals surface area contributed by atoms with E-state index in [0.717, 1.165) is 12.8 Å². The number of unbranched alkanes of at least 4 members (excludes halogenated alkanes) is 1. The molecule has 0 aromatic heterocycles. The Morgan fingerprint density at radius 2 is 1.82 bits per heavy atom. The number of rotatable bonds is 10. The summed E-state index contributed by atoms with van der Waals surface area (Å²) in [6, 6.07) is -0.131. The van der Waals surface area contributed by atoms with Gasteiger partial charge >= 0.3 is 15.5 Å². The zero-order valence-corrected chi connectivity index (χ0v) is 19.3. The highest BCUT2D eigenvalue weighted by Gasteiger charge is 2.50. The Kier molecular flexibility index (Phi) is 13.6. The molecule has 13 heteroatoms. The number of aliphatic imine (C=N–C) groups is 1. The van der Waals surface area contributed by atoms with Gasteiger partial charge in [-0.15, -0.1) is 24.0 Å². The maximum Gasteiger partial charge on any atom is 0.511 e. The Labute approximate surface area is 181 Å². The number of hydrogen-bond donors (Lipinski definition) is 2. The predicted molar refractivity (Wildman–Crippen MR) is 111 cm³/mol. The summed E-state index contributed by atoms with van der Waals surface area (Å²) in [5.74, 6) is 0.549. The second kappa shape index (κ2) is 13.8. The molecular weight excluding hydrogens is 516 g/mol. The highest BCUT2D eigenvalue weighted by Crippen LogP contribution is 2.28. The lowest BCUT2D eigenvalue weighted by Gasteiger charge is -2.32. The molecule has 0 spiro atoms. The molecule has 0 aromatic rings. The molecule has 1 heterocycles. The van der Waals surface area contributed by atoms with E-state index in [-0.39, 0.29) is 55.9 Å². The molecule has 0 radical (unpaired) electrons.